The van der Waals surface area contributed by atoms with Crippen LogP contribution in [0.1, 0.15) is 53.4 Å². The molecule has 0 saturated heterocycles. The Labute approximate surface area is 82.6 Å². The van der Waals surface area contributed by atoms with Crippen molar-refractivity contribution in [1.82, 2.24) is 0 Å². The van der Waals surface area contributed by atoms with Gasteiger partial charge in [-0.15, -0.1) is 0 Å². The Morgan fingerprint density at radius 3 is 2.00 bits per heavy atom. The van der Waals surface area contributed by atoms with Crippen LogP contribution in [0.25, 0.3) is 0 Å². The quantitative estimate of drug-likeness (QED) is 0.669. The van der Waals surface area contributed by atoms with Gasteiger partial charge < -0.3 is 0 Å². The van der Waals surface area contributed by atoms with E-state index in [2.05, 4.69) is 0 Å². The Kier molecular flexibility index (Phi) is 4.97. The largest absolute Gasteiger partial charge is 0.228 e. The van der Waals surface area contributed by atoms with Gasteiger partial charge in [0.25, 0.3) is 0 Å². The summed E-state index contributed by atoms with van der Waals surface area (Å²) >= 11 is 0. The highest BCUT2D eigenvalue weighted by Gasteiger charge is 2.32. The average molecular weight is 206 g/mol. The van der Waals surface area contributed by atoms with Crippen LogP contribution in [-0.4, -0.2) is 18.9 Å². The topological polar surface area (TPSA) is 34.1 Å². The van der Waals surface area contributed by atoms with Crippen molar-refractivity contribution in [3.8, 4) is 0 Å². The number of hydrogen-bond donors (Lipinski definition) is 0. The molecule has 0 aromatic rings. The number of unbranched alkanes of at least 4 members (excludes halogenated alkanes) is 1. The van der Waals surface area contributed by atoms with E-state index in [0.29, 0.717) is 5.75 Å². The molecule has 80 valence electrons. The maximum absolute atomic E-state index is 11.8. The minimum atomic E-state index is -2.88. The highest BCUT2D eigenvalue weighted by atomic mass is 32.2. The molecule has 0 spiro atoms. The normalized spacial score (nSPS) is 13.2. The highest BCUT2D eigenvalue weighted by Crippen LogP contribution is 2.23. The van der Waals surface area contributed by atoms with E-state index in [0.717, 1.165) is 25.7 Å². The number of rotatable bonds is 6. The summed E-state index contributed by atoms with van der Waals surface area (Å²) in [5.41, 5.74) is 0. The number of sulfone groups is 1. The van der Waals surface area contributed by atoms with E-state index < -0.39 is 14.6 Å². The molecular formula is C10H22O2S. The van der Waals surface area contributed by atoms with Crippen LogP contribution in [0.2, 0.25) is 0 Å². The minimum Gasteiger partial charge on any atom is -0.228 e. The summed E-state index contributed by atoms with van der Waals surface area (Å²) in [6, 6.07) is 0. The molecule has 0 aliphatic heterocycles. The van der Waals surface area contributed by atoms with Crippen molar-refractivity contribution in [1.29, 1.82) is 0 Å². The van der Waals surface area contributed by atoms with Crippen molar-refractivity contribution in [2.75, 3.05) is 5.75 Å². The molecule has 0 amide bonds. The second kappa shape index (κ2) is 4.99. The van der Waals surface area contributed by atoms with Gasteiger partial charge in [-0.2, -0.15) is 0 Å². The van der Waals surface area contributed by atoms with Crippen molar-refractivity contribution in [3.05, 3.63) is 0 Å². The van der Waals surface area contributed by atoms with Crippen molar-refractivity contribution in [2.45, 2.75) is 58.1 Å². The molecule has 3 heteroatoms. The number of hydrogen-bond acceptors (Lipinski definition) is 2. The van der Waals surface area contributed by atoms with E-state index in [1.165, 1.54) is 0 Å². The summed E-state index contributed by atoms with van der Waals surface area (Å²) in [5, 5.41) is 0. The third-order valence-electron chi connectivity index (χ3n) is 2.46. The maximum Gasteiger partial charge on any atom is 0.155 e. The van der Waals surface area contributed by atoms with E-state index in [-0.39, 0.29) is 0 Å². The first-order valence-corrected chi connectivity index (χ1v) is 6.75. The molecule has 0 aromatic carbocycles. The molecule has 0 atom stereocenters. The third-order valence-corrected chi connectivity index (χ3v) is 5.17. The molecule has 13 heavy (non-hydrogen) atoms. The van der Waals surface area contributed by atoms with E-state index >= 15 is 0 Å². The van der Waals surface area contributed by atoms with Crippen LogP contribution in [0.4, 0.5) is 0 Å². The molecule has 0 aliphatic rings. The summed E-state index contributed by atoms with van der Waals surface area (Å²) in [6.07, 6.45) is 3.42. The lowest BCUT2D eigenvalue weighted by Crippen LogP contribution is -2.33. The fraction of sp³-hybridized carbons (Fsp3) is 1.00. The SMILES string of the molecule is CCCCS(=O)(=O)C(C)(C)CCC. The van der Waals surface area contributed by atoms with Gasteiger partial charge in [-0.3, -0.25) is 0 Å². The highest BCUT2D eigenvalue weighted by molar-refractivity contribution is 7.92. The maximum atomic E-state index is 11.8. The molecule has 0 fully saturated rings. The summed E-state index contributed by atoms with van der Waals surface area (Å²) in [7, 11) is -2.88. The zero-order valence-electron chi connectivity index (χ0n) is 9.26. The van der Waals surface area contributed by atoms with Gasteiger partial charge in [0, 0.05) is 0 Å². The summed E-state index contributed by atoms with van der Waals surface area (Å²) in [5.74, 6) is 0.344. The fourth-order valence-electron chi connectivity index (χ4n) is 1.37. The van der Waals surface area contributed by atoms with E-state index in [1.807, 2.05) is 27.7 Å². The molecule has 0 N–H and O–H groups in total. The molecule has 0 rings (SSSR count). The molecular weight excluding hydrogens is 184 g/mol. The van der Waals surface area contributed by atoms with Gasteiger partial charge in [-0.25, -0.2) is 8.42 Å². The molecule has 2 nitrogen and oxygen atoms in total. The van der Waals surface area contributed by atoms with Crippen molar-refractivity contribution in [3.63, 3.8) is 0 Å². The Bertz CT molecular complexity index is 227. The zero-order chi connectivity index (χ0) is 10.5. The average Bonchev–Trinajstić information content (AvgIpc) is 2.00. The van der Waals surface area contributed by atoms with Gasteiger partial charge in [0.1, 0.15) is 0 Å². The standard InChI is InChI=1S/C10H22O2S/c1-5-7-9-13(11,12)10(3,4)8-6-2/h5-9H2,1-4H3. The summed E-state index contributed by atoms with van der Waals surface area (Å²) in [4.78, 5) is 0. The first kappa shape index (κ1) is 12.9. The third kappa shape index (κ3) is 3.67. The summed E-state index contributed by atoms with van der Waals surface area (Å²) in [6.45, 7) is 7.71. The van der Waals surface area contributed by atoms with E-state index in [1.54, 1.807) is 0 Å². The van der Waals surface area contributed by atoms with Gasteiger partial charge >= 0.3 is 0 Å². The molecule has 0 aromatic heterocycles. The Morgan fingerprint density at radius 1 is 1.08 bits per heavy atom. The van der Waals surface area contributed by atoms with Crippen LogP contribution in [0, 0.1) is 0 Å². The van der Waals surface area contributed by atoms with Crippen molar-refractivity contribution in [2.24, 2.45) is 0 Å². The predicted molar refractivity (Wildman–Crippen MR) is 57.7 cm³/mol. The van der Waals surface area contributed by atoms with Crippen LogP contribution in [0.15, 0.2) is 0 Å². The minimum absolute atomic E-state index is 0.344. The van der Waals surface area contributed by atoms with Crippen LogP contribution < -0.4 is 0 Å². The molecule has 0 heterocycles. The molecule has 0 aliphatic carbocycles. The lowest BCUT2D eigenvalue weighted by atomic mass is 10.1. The second-order valence-corrected chi connectivity index (χ2v) is 6.93. The molecule has 0 bridgehead atoms. The van der Waals surface area contributed by atoms with Crippen LogP contribution in [0.3, 0.4) is 0 Å². The van der Waals surface area contributed by atoms with Gasteiger partial charge in [0.15, 0.2) is 9.84 Å². The fourth-order valence-corrected chi connectivity index (χ4v) is 3.10. The van der Waals surface area contributed by atoms with E-state index in [9.17, 15) is 8.42 Å². The zero-order valence-corrected chi connectivity index (χ0v) is 10.1. The van der Waals surface area contributed by atoms with Gasteiger partial charge in [0.2, 0.25) is 0 Å². The lowest BCUT2D eigenvalue weighted by molar-refractivity contribution is 0.521. The monoisotopic (exact) mass is 206 g/mol. The first-order valence-electron chi connectivity index (χ1n) is 5.09. The summed E-state index contributed by atoms with van der Waals surface area (Å²) < 4.78 is 23.1. The van der Waals surface area contributed by atoms with Gasteiger partial charge in [-0.1, -0.05) is 26.7 Å². The van der Waals surface area contributed by atoms with Crippen molar-refractivity contribution >= 4 is 9.84 Å². The second-order valence-electron chi connectivity index (χ2n) is 4.18. The Balaban J connectivity index is 4.42. The van der Waals surface area contributed by atoms with Gasteiger partial charge in [0.05, 0.1) is 10.5 Å². The van der Waals surface area contributed by atoms with E-state index in [4.69, 9.17) is 0 Å². The Hall–Kier alpha value is -0.0500. The predicted octanol–water partition coefficient (Wildman–Crippen LogP) is 2.78. The molecule has 0 radical (unpaired) electrons. The van der Waals surface area contributed by atoms with Gasteiger partial charge in [-0.05, 0) is 26.7 Å². The lowest BCUT2D eigenvalue weighted by Gasteiger charge is -2.23. The van der Waals surface area contributed by atoms with Crippen molar-refractivity contribution < 1.29 is 8.42 Å². The van der Waals surface area contributed by atoms with Crippen LogP contribution in [0.5, 0.6) is 0 Å². The van der Waals surface area contributed by atoms with Crippen LogP contribution >= 0.6 is 0 Å². The molecule has 0 saturated carbocycles. The Morgan fingerprint density at radius 2 is 1.62 bits per heavy atom. The molecule has 0 unspecified atom stereocenters. The van der Waals surface area contributed by atoms with Crippen LogP contribution in [-0.2, 0) is 9.84 Å². The smallest absolute Gasteiger partial charge is 0.155 e. The first-order chi connectivity index (χ1) is 5.87.